The molecule has 0 fully saturated rings. The number of carbonyl (C=O) groups is 2. The van der Waals surface area contributed by atoms with Gasteiger partial charge in [-0.2, -0.15) is 0 Å². The van der Waals surface area contributed by atoms with Crippen molar-refractivity contribution in [2.75, 3.05) is 0 Å². The first-order chi connectivity index (χ1) is 10.6. The monoisotopic (exact) mass is 289 g/mol. The molecule has 4 rings (SSSR count). The molecule has 0 bridgehead atoms. The molecule has 22 heavy (non-hydrogen) atoms. The molecule has 0 saturated heterocycles. The number of rotatable bonds is 0. The molecule has 106 valence electrons. The second kappa shape index (κ2) is 4.24. The molecule has 1 heterocycles. The van der Waals surface area contributed by atoms with Crippen LogP contribution < -0.4 is 0 Å². The highest BCUT2D eigenvalue weighted by molar-refractivity contribution is 6.23. The summed E-state index contributed by atoms with van der Waals surface area (Å²) in [5.41, 5.74) is 2.14. The summed E-state index contributed by atoms with van der Waals surface area (Å²) in [6.45, 7) is 0. The maximum absolute atomic E-state index is 11.8. The quantitative estimate of drug-likeness (QED) is 0.746. The van der Waals surface area contributed by atoms with Crippen molar-refractivity contribution in [3.8, 4) is 5.75 Å². The Balaban J connectivity index is 2.07. The molecule has 4 heteroatoms. The van der Waals surface area contributed by atoms with Gasteiger partial charge in [0.2, 0.25) is 0 Å². The van der Waals surface area contributed by atoms with E-state index in [2.05, 4.69) is 4.99 Å². The Hall–Kier alpha value is -3.01. The highest BCUT2D eigenvalue weighted by atomic mass is 16.3. The van der Waals surface area contributed by atoms with Gasteiger partial charge in [-0.05, 0) is 59.7 Å². The number of phenols is 1. The van der Waals surface area contributed by atoms with Gasteiger partial charge < -0.3 is 5.11 Å². The second-order valence-electron chi connectivity index (χ2n) is 5.43. The Bertz CT molecular complexity index is 866. The summed E-state index contributed by atoms with van der Waals surface area (Å²) in [6.07, 6.45) is 11.2. The van der Waals surface area contributed by atoms with Crippen LogP contribution in [0.1, 0.15) is 5.56 Å². The molecule has 4 nitrogen and oxygen atoms in total. The highest BCUT2D eigenvalue weighted by Crippen LogP contribution is 2.47. The molecule has 0 saturated carbocycles. The van der Waals surface area contributed by atoms with E-state index in [4.69, 9.17) is 0 Å². The molecular weight excluding hydrogens is 278 g/mol. The van der Waals surface area contributed by atoms with Gasteiger partial charge in [-0.1, -0.05) is 12.2 Å². The van der Waals surface area contributed by atoms with E-state index < -0.39 is 5.41 Å². The first-order valence-electron chi connectivity index (χ1n) is 6.88. The Kier molecular flexibility index (Phi) is 2.45. The summed E-state index contributed by atoms with van der Waals surface area (Å²) in [7, 11) is 0. The van der Waals surface area contributed by atoms with Crippen molar-refractivity contribution in [3.63, 3.8) is 0 Å². The van der Waals surface area contributed by atoms with Gasteiger partial charge in [0.15, 0.2) is 11.6 Å². The number of hydrogen-bond acceptors (Lipinski definition) is 4. The van der Waals surface area contributed by atoms with E-state index >= 15 is 0 Å². The van der Waals surface area contributed by atoms with E-state index in [1.54, 1.807) is 36.4 Å². The zero-order valence-corrected chi connectivity index (χ0v) is 11.5. The van der Waals surface area contributed by atoms with Crippen molar-refractivity contribution in [1.29, 1.82) is 0 Å². The standard InChI is InChI=1S/C18H11NO3/c20-11-5-7-18(8-6-11)14-9-12(21)1-3-16(14)19-17-4-2-13(22)10-15(17)18/h1-10,21H. The lowest BCUT2D eigenvalue weighted by molar-refractivity contribution is -0.111. The zero-order chi connectivity index (χ0) is 15.3. The van der Waals surface area contributed by atoms with Gasteiger partial charge >= 0.3 is 0 Å². The third kappa shape index (κ3) is 1.67. The topological polar surface area (TPSA) is 66.7 Å². The molecule has 1 spiro atoms. The lowest BCUT2D eigenvalue weighted by atomic mass is 9.67. The number of nitrogens with zero attached hydrogens (tertiary/aromatic N) is 1. The van der Waals surface area contributed by atoms with Gasteiger partial charge in [0.1, 0.15) is 5.75 Å². The third-order valence-electron chi connectivity index (χ3n) is 4.10. The molecule has 1 aromatic carbocycles. The van der Waals surface area contributed by atoms with Crippen molar-refractivity contribution >= 4 is 23.0 Å². The van der Waals surface area contributed by atoms with Crippen molar-refractivity contribution in [3.05, 3.63) is 71.9 Å². The Morgan fingerprint density at radius 1 is 0.955 bits per heavy atom. The summed E-state index contributed by atoms with van der Waals surface area (Å²) >= 11 is 0. The van der Waals surface area contributed by atoms with Crippen molar-refractivity contribution in [2.24, 2.45) is 4.99 Å². The summed E-state index contributed by atoms with van der Waals surface area (Å²) < 4.78 is 0. The summed E-state index contributed by atoms with van der Waals surface area (Å²) in [4.78, 5) is 27.9. The predicted molar refractivity (Wildman–Crippen MR) is 82.4 cm³/mol. The fourth-order valence-corrected chi connectivity index (χ4v) is 3.07. The van der Waals surface area contributed by atoms with Crippen LogP contribution in [0.5, 0.6) is 5.75 Å². The molecule has 0 atom stereocenters. The Labute approximate surface area is 126 Å². The zero-order valence-electron chi connectivity index (χ0n) is 11.5. The third-order valence-corrected chi connectivity index (χ3v) is 4.10. The largest absolute Gasteiger partial charge is 0.508 e. The van der Waals surface area contributed by atoms with Gasteiger partial charge in [-0.15, -0.1) is 0 Å². The minimum Gasteiger partial charge on any atom is -0.508 e. The van der Waals surface area contributed by atoms with E-state index in [0.29, 0.717) is 11.4 Å². The molecule has 0 unspecified atom stereocenters. The molecule has 0 aromatic heterocycles. The van der Waals surface area contributed by atoms with Crippen LogP contribution >= 0.6 is 0 Å². The normalized spacial score (nSPS) is 20.5. The van der Waals surface area contributed by atoms with E-state index in [0.717, 1.165) is 11.1 Å². The molecule has 0 radical (unpaired) electrons. The van der Waals surface area contributed by atoms with Crippen LogP contribution in [0, 0.1) is 0 Å². The highest BCUT2D eigenvalue weighted by Gasteiger charge is 2.41. The molecule has 1 N–H and O–H groups in total. The number of phenolic OH excluding ortho intramolecular Hbond substituents is 1. The van der Waals surface area contributed by atoms with Gasteiger partial charge in [-0.25, -0.2) is 4.99 Å². The average Bonchev–Trinajstić information content (AvgIpc) is 2.51. The maximum atomic E-state index is 11.8. The van der Waals surface area contributed by atoms with Crippen LogP contribution in [-0.2, 0) is 15.0 Å². The number of allylic oxidation sites excluding steroid dienone is 8. The van der Waals surface area contributed by atoms with Crippen LogP contribution in [0.4, 0.5) is 5.69 Å². The first kappa shape index (κ1) is 12.7. The van der Waals surface area contributed by atoms with Gasteiger partial charge in [0, 0.05) is 0 Å². The Morgan fingerprint density at radius 3 is 2.50 bits per heavy atom. The van der Waals surface area contributed by atoms with Crippen LogP contribution in [0.2, 0.25) is 0 Å². The SMILES string of the molecule is O=C1C=CC2(C=C1)C1=CC(=O)C=CC1=Nc1ccc(O)cc12. The predicted octanol–water partition coefficient (Wildman–Crippen LogP) is 2.48. The minimum absolute atomic E-state index is 0.102. The lowest BCUT2D eigenvalue weighted by Gasteiger charge is -2.37. The maximum Gasteiger partial charge on any atom is 0.179 e. The number of ketones is 2. The van der Waals surface area contributed by atoms with Crippen LogP contribution in [-0.4, -0.2) is 22.4 Å². The fraction of sp³-hybridized carbons (Fsp3) is 0.0556. The van der Waals surface area contributed by atoms with Crippen molar-refractivity contribution < 1.29 is 14.7 Å². The Morgan fingerprint density at radius 2 is 1.73 bits per heavy atom. The first-order valence-corrected chi connectivity index (χ1v) is 6.88. The number of aromatic hydroxyl groups is 1. The summed E-state index contributed by atoms with van der Waals surface area (Å²) in [5, 5.41) is 9.84. The smallest absolute Gasteiger partial charge is 0.179 e. The van der Waals surface area contributed by atoms with Gasteiger partial charge in [-0.3, -0.25) is 9.59 Å². The van der Waals surface area contributed by atoms with Crippen LogP contribution in [0.15, 0.2) is 71.3 Å². The molecule has 1 aliphatic heterocycles. The summed E-state index contributed by atoms with van der Waals surface area (Å²) in [6, 6.07) is 4.94. The van der Waals surface area contributed by atoms with Gasteiger partial charge in [0.05, 0.1) is 16.8 Å². The second-order valence-corrected chi connectivity index (χ2v) is 5.43. The van der Waals surface area contributed by atoms with E-state index in [1.807, 2.05) is 0 Å². The summed E-state index contributed by atoms with van der Waals surface area (Å²) in [5.74, 6) is -0.0981. The number of fused-ring (bicyclic) bond motifs is 4. The molecule has 0 amide bonds. The molecule has 1 aromatic rings. The number of benzene rings is 1. The fourth-order valence-electron chi connectivity index (χ4n) is 3.07. The average molecular weight is 289 g/mol. The molecule has 3 aliphatic rings. The molecule has 2 aliphatic carbocycles. The number of hydrogen-bond donors (Lipinski definition) is 1. The molecular formula is C18H11NO3. The van der Waals surface area contributed by atoms with E-state index in [9.17, 15) is 14.7 Å². The van der Waals surface area contributed by atoms with Crippen LogP contribution in [0.3, 0.4) is 0 Å². The number of carbonyl (C=O) groups excluding carboxylic acids is 2. The van der Waals surface area contributed by atoms with E-state index in [1.165, 1.54) is 24.3 Å². The number of aliphatic imine (C=N–C) groups is 1. The van der Waals surface area contributed by atoms with Crippen LogP contribution in [0.25, 0.3) is 0 Å². The van der Waals surface area contributed by atoms with Crippen molar-refractivity contribution in [1.82, 2.24) is 0 Å². The minimum atomic E-state index is -0.751. The lowest BCUT2D eigenvalue weighted by Crippen LogP contribution is -2.34. The van der Waals surface area contributed by atoms with E-state index in [-0.39, 0.29) is 17.3 Å². The van der Waals surface area contributed by atoms with Gasteiger partial charge in [0.25, 0.3) is 0 Å². The van der Waals surface area contributed by atoms with Crippen molar-refractivity contribution in [2.45, 2.75) is 5.41 Å².